The average Bonchev–Trinajstić information content (AvgIpc) is 3.47. The molecule has 0 atom stereocenters. The number of nitrogens with zero attached hydrogens (tertiary/aromatic N) is 3. The predicted octanol–water partition coefficient (Wildman–Crippen LogP) is 10.1. The van der Waals surface area contributed by atoms with Crippen LogP contribution in [-0.2, 0) is 0 Å². The van der Waals surface area contributed by atoms with Crippen LogP contribution in [0.25, 0.3) is 78.4 Å². The smallest absolute Gasteiger partial charge is 0.164 e. The molecule has 0 radical (unpaired) electrons. The van der Waals surface area contributed by atoms with E-state index in [0.29, 0.717) is 17.5 Å². The largest absolute Gasteiger partial charge is 0.456 e. The number of para-hydroxylation sites is 1. The van der Waals surface area contributed by atoms with Crippen molar-refractivity contribution in [2.45, 2.75) is 0 Å². The number of furan rings is 1. The van der Waals surface area contributed by atoms with Gasteiger partial charge in [0.2, 0.25) is 0 Å². The number of rotatable bonds is 5. The minimum absolute atomic E-state index is 0.595. The lowest BCUT2D eigenvalue weighted by Gasteiger charge is -2.10. The molecule has 0 unspecified atom stereocenters. The van der Waals surface area contributed by atoms with Gasteiger partial charge >= 0.3 is 0 Å². The Balaban J connectivity index is 1.30. The quantitative estimate of drug-likeness (QED) is 0.214. The van der Waals surface area contributed by atoms with Gasteiger partial charge in [-0.2, -0.15) is 0 Å². The lowest BCUT2D eigenvalue weighted by molar-refractivity contribution is 0.669. The molecule has 0 saturated heterocycles. The van der Waals surface area contributed by atoms with Crippen molar-refractivity contribution in [2.75, 3.05) is 0 Å². The van der Waals surface area contributed by atoms with E-state index in [4.69, 9.17) is 19.4 Å². The highest BCUT2D eigenvalue weighted by Gasteiger charge is 2.15. The minimum Gasteiger partial charge on any atom is -0.456 e. The summed E-state index contributed by atoms with van der Waals surface area (Å²) < 4.78 is 6.20. The SMILES string of the molecule is c1ccc(-c2cccc(-c3nc(-c4cccc(-c5ccccc5)c4)nc(-c4ccc5c(c4)oc4ccccc45)n3)c2)cc1. The average molecular weight is 552 g/mol. The van der Waals surface area contributed by atoms with Gasteiger partial charge in [-0.25, -0.2) is 15.0 Å². The Labute approximate surface area is 249 Å². The lowest BCUT2D eigenvalue weighted by Crippen LogP contribution is -2.00. The summed E-state index contributed by atoms with van der Waals surface area (Å²) in [6.45, 7) is 0. The second-order valence-corrected chi connectivity index (χ2v) is 10.5. The topological polar surface area (TPSA) is 51.8 Å². The van der Waals surface area contributed by atoms with Crippen molar-refractivity contribution in [2.24, 2.45) is 0 Å². The van der Waals surface area contributed by atoms with Gasteiger partial charge in [0.05, 0.1) is 0 Å². The Morgan fingerprint density at radius 2 is 0.744 bits per heavy atom. The second kappa shape index (κ2) is 10.5. The highest BCUT2D eigenvalue weighted by atomic mass is 16.3. The third-order valence-electron chi connectivity index (χ3n) is 7.73. The molecule has 8 aromatic rings. The number of hydrogen-bond acceptors (Lipinski definition) is 4. The molecule has 0 bridgehead atoms. The van der Waals surface area contributed by atoms with E-state index in [-0.39, 0.29) is 0 Å². The highest BCUT2D eigenvalue weighted by molar-refractivity contribution is 6.05. The summed E-state index contributed by atoms with van der Waals surface area (Å²) in [6, 6.07) is 51.7. The first-order valence-electron chi connectivity index (χ1n) is 14.3. The van der Waals surface area contributed by atoms with Crippen molar-refractivity contribution in [3.63, 3.8) is 0 Å². The molecule has 6 aromatic carbocycles. The third-order valence-corrected chi connectivity index (χ3v) is 7.73. The number of benzene rings is 6. The lowest BCUT2D eigenvalue weighted by atomic mass is 10.0. The van der Waals surface area contributed by atoms with Gasteiger partial charge in [0, 0.05) is 27.5 Å². The zero-order valence-electron chi connectivity index (χ0n) is 23.2. The fourth-order valence-electron chi connectivity index (χ4n) is 5.57. The molecule has 2 aromatic heterocycles. The van der Waals surface area contributed by atoms with Crippen LogP contribution in [0.2, 0.25) is 0 Å². The van der Waals surface area contributed by atoms with E-state index < -0.39 is 0 Å². The zero-order chi connectivity index (χ0) is 28.6. The van der Waals surface area contributed by atoms with Gasteiger partial charge in [-0.15, -0.1) is 0 Å². The van der Waals surface area contributed by atoms with E-state index in [1.54, 1.807) is 0 Å². The maximum absolute atomic E-state index is 6.20. The van der Waals surface area contributed by atoms with E-state index in [1.165, 1.54) is 0 Å². The van der Waals surface area contributed by atoms with E-state index in [9.17, 15) is 0 Å². The Bertz CT molecular complexity index is 2140. The van der Waals surface area contributed by atoms with Crippen LogP contribution in [0.4, 0.5) is 0 Å². The Hall–Kier alpha value is -5.87. The summed E-state index contributed by atoms with van der Waals surface area (Å²) in [6.07, 6.45) is 0. The van der Waals surface area contributed by atoms with E-state index >= 15 is 0 Å². The van der Waals surface area contributed by atoms with Crippen LogP contribution in [-0.4, -0.2) is 15.0 Å². The van der Waals surface area contributed by atoms with Crippen molar-refractivity contribution in [3.8, 4) is 56.4 Å². The van der Waals surface area contributed by atoms with Crippen molar-refractivity contribution >= 4 is 21.9 Å². The van der Waals surface area contributed by atoms with Crippen LogP contribution >= 0.6 is 0 Å². The van der Waals surface area contributed by atoms with Crippen molar-refractivity contribution in [1.29, 1.82) is 0 Å². The molecule has 0 aliphatic heterocycles. The molecule has 0 aliphatic carbocycles. The number of hydrogen-bond donors (Lipinski definition) is 0. The molecule has 0 amide bonds. The van der Waals surface area contributed by atoms with Crippen LogP contribution in [0.1, 0.15) is 0 Å². The van der Waals surface area contributed by atoms with Crippen LogP contribution in [0, 0.1) is 0 Å². The third kappa shape index (κ3) is 4.75. The van der Waals surface area contributed by atoms with Gasteiger partial charge in [-0.05, 0) is 52.6 Å². The summed E-state index contributed by atoms with van der Waals surface area (Å²) in [5.41, 5.74) is 8.89. The fraction of sp³-hybridized carbons (Fsp3) is 0. The van der Waals surface area contributed by atoms with Gasteiger partial charge in [-0.1, -0.05) is 121 Å². The summed E-state index contributed by atoms with van der Waals surface area (Å²) >= 11 is 0. The molecular weight excluding hydrogens is 526 g/mol. The van der Waals surface area contributed by atoms with Gasteiger partial charge in [0.1, 0.15) is 11.2 Å². The van der Waals surface area contributed by atoms with Crippen LogP contribution in [0.15, 0.2) is 156 Å². The molecule has 4 nitrogen and oxygen atoms in total. The van der Waals surface area contributed by atoms with E-state index in [2.05, 4.69) is 115 Å². The summed E-state index contributed by atoms with van der Waals surface area (Å²) in [4.78, 5) is 15.0. The Morgan fingerprint density at radius 3 is 1.33 bits per heavy atom. The minimum atomic E-state index is 0.595. The van der Waals surface area contributed by atoms with Gasteiger partial charge in [0.15, 0.2) is 17.5 Å². The van der Waals surface area contributed by atoms with Crippen molar-refractivity contribution in [1.82, 2.24) is 15.0 Å². The zero-order valence-corrected chi connectivity index (χ0v) is 23.2. The first-order chi connectivity index (χ1) is 21.3. The van der Waals surface area contributed by atoms with Crippen LogP contribution in [0.5, 0.6) is 0 Å². The van der Waals surface area contributed by atoms with E-state index in [0.717, 1.165) is 60.9 Å². The van der Waals surface area contributed by atoms with Crippen LogP contribution < -0.4 is 0 Å². The fourth-order valence-corrected chi connectivity index (χ4v) is 5.57. The summed E-state index contributed by atoms with van der Waals surface area (Å²) in [5.74, 6) is 1.83. The second-order valence-electron chi connectivity index (χ2n) is 10.5. The molecule has 4 heteroatoms. The molecule has 2 heterocycles. The maximum Gasteiger partial charge on any atom is 0.164 e. The Kier molecular flexibility index (Phi) is 6.08. The molecule has 8 rings (SSSR count). The molecule has 0 spiro atoms. The van der Waals surface area contributed by atoms with Crippen LogP contribution in [0.3, 0.4) is 0 Å². The van der Waals surface area contributed by atoms with Gasteiger partial charge < -0.3 is 4.42 Å². The summed E-state index contributed by atoms with van der Waals surface area (Å²) in [5, 5.41) is 2.16. The number of fused-ring (bicyclic) bond motifs is 3. The molecule has 0 N–H and O–H groups in total. The first kappa shape index (κ1) is 24.9. The summed E-state index contributed by atoms with van der Waals surface area (Å²) in [7, 11) is 0. The Morgan fingerprint density at radius 1 is 0.302 bits per heavy atom. The number of aromatic nitrogens is 3. The molecule has 202 valence electrons. The first-order valence-corrected chi connectivity index (χ1v) is 14.3. The van der Waals surface area contributed by atoms with Gasteiger partial charge in [0.25, 0.3) is 0 Å². The predicted molar refractivity (Wildman–Crippen MR) is 174 cm³/mol. The normalized spacial score (nSPS) is 11.3. The van der Waals surface area contributed by atoms with E-state index in [1.807, 2.05) is 36.4 Å². The molecular formula is C39H25N3O. The molecule has 0 saturated carbocycles. The maximum atomic E-state index is 6.20. The highest BCUT2D eigenvalue weighted by Crippen LogP contribution is 2.33. The molecule has 43 heavy (non-hydrogen) atoms. The van der Waals surface area contributed by atoms with Gasteiger partial charge in [-0.3, -0.25) is 0 Å². The van der Waals surface area contributed by atoms with Crippen molar-refractivity contribution < 1.29 is 4.42 Å². The standard InChI is InChI=1S/C39H25N3O/c1-3-11-26(12-4-1)28-15-9-17-30(23-28)37-40-38(31-18-10-16-29(24-31)27-13-5-2-6-14-27)42-39(41-37)32-21-22-34-33-19-7-8-20-35(33)43-36(34)25-32/h1-25H. The monoisotopic (exact) mass is 551 g/mol. The molecule has 0 aliphatic rings. The molecule has 0 fully saturated rings. The van der Waals surface area contributed by atoms with Crippen molar-refractivity contribution in [3.05, 3.63) is 152 Å².